The van der Waals surface area contributed by atoms with Gasteiger partial charge in [0.1, 0.15) is 0 Å². The van der Waals surface area contributed by atoms with Crippen LogP contribution in [0.5, 0.6) is 0 Å². The fourth-order valence-electron chi connectivity index (χ4n) is 1.78. The molecule has 16 heavy (non-hydrogen) atoms. The quantitative estimate of drug-likeness (QED) is 0.795. The normalized spacial score (nSPS) is 17.2. The van der Waals surface area contributed by atoms with Crippen molar-refractivity contribution < 1.29 is 4.79 Å². The van der Waals surface area contributed by atoms with E-state index >= 15 is 0 Å². The third kappa shape index (κ3) is 2.74. The number of nitrogens with zero attached hydrogens (tertiary/aromatic N) is 1. The van der Waals surface area contributed by atoms with E-state index in [1.54, 1.807) is 0 Å². The summed E-state index contributed by atoms with van der Waals surface area (Å²) >= 11 is 3.37. The predicted molar refractivity (Wildman–Crippen MR) is 66.8 cm³/mol. The molecule has 2 rings (SSSR count). The number of nitrogens with two attached hydrogens (primary N) is 1. The highest BCUT2D eigenvalue weighted by atomic mass is 79.9. The van der Waals surface area contributed by atoms with Gasteiger partial charge < -0.3 is 11.1 Å². The Morgan fingerprint density at radius 2 is 2.31 bits per heavy atom. The highest BCUT2D eigenvalue weighted by molar-refractivity contribution is 9.10. The van der Waals surface area contributed by atoms with Gasteiger partial charge in [-0.3, -0.25) is 9.69 Å². The number of nitrogen functional groups attached to an aromatic ring is 1. The molecule has 1 heterocycles. The maximum Gasteiger partial charge on any atom is 0.234 e. The van der Waals surface area contributed by atoms with Gasteiger partial charge in [0.15, 0.2) is 0 Å². The van der Waals surface area contributed by atoms with Gasteiger partial charge in [-0.2, -0.15) is 0 Å². The summed E-state index contributed by atoms with van der Waals surface area (Å²) in [6.45, 7) is 2.78. The maximum atomic E-state index is 11.2. The van der Waals surface area contributed by atoms with Crippen LogP contribution in [0, 0.1) is 0 Å². The van der Waals surface area contributed by atoms with Crippen molar-refractivity contribution in [1.82, 2.24) is 10.2 Å². The largest absolute Gasteiger partial charge is 0.398 e. The Kier molecular flexibility index (Phi) is 3.46. The van der Waals surface area contributed by atoms with Gasteiger partial charge in [-0.1, -0.05) is 22.0 Å². The molecule has 0 aliphatic carbocycles. The van der Waals surface area contributed by atoms with Crippen LogP contribution in [0.1, 0.15) is 5.56 Å². The predicted octanol–water partition coefficient (Wildman–Crippen LogP) is 0.963. The van der Waals surface area contributed by atoms with E-state index in [2.05, 4.69) is 26.1 Å². The maximum absolute atomic E-state index is 11.2. The summed E-state index contributed by atoms with van der Waals surface area (Å²) < 4.78 is 0.977. The minimum absolute atomic E-state index is 0.0851. The molecule has 1 aromatic carbocycles. The number of anilines is 1. The highest BCUT2D eigenvalue weighted by Gasteiger charge is 2.16. The molecule has 1 aliphatic heterocycles. The Morgan fingerprint density at radius 1 is 1.50 bits per heavy atom. The first-order valence-electron chi connectivity index (χ1n) is 5.18. The standard InChI is InChI=1S/C11H14BrN3O/c12-9-2-1-8(10(13)5-9)6-15-4-3-14-11(16)7-15/h1-2,5H,3-4,6-7,13H2,(H,14,16). The lowest BCUT2D eigenvalue weighted by Crippen LogP contribution is -2.47. The first kappa shape index (κ1) is 11.4. The van der Waals surface area contributed by atoms with Gasteiger partial charge in [0, 0.05) is 29.8 Å². The number of halogens is 1. The van der Waals surface area contributed by atoms with E-state index in [1.807, 2.05) is 18.2 Å². The summed E-state index contributed by atoms with van der Waals surface area (Å²) in [5.41, 5.74) is 7.75. The van der Waals surface area contributed by atoms with Gasteiger partial charge in [0.2, 0.25) is 5.91 Å². The summed E-state index contributed by atoms with van der Waals surface area (Å²) in [6, 6.07) is 5.85. The Bertz CT molecular complexity index is 408. The number of carbonyl (C=O) groups excluding carboxylic acids is 1. The van der Waals surface area contributed by atoms with Crippen molar-refractivity contribution in [2.75, 3.05) is 25.4 Å². The summed E-state index contributed by atoms with van der Waals surface area (Å²) in [7, 11) is 0. The number of amides is 1. The van der Waals surface area contributed by atoms with Gasteiger partial charge >= 0.3 is 0 Å². The number of piperazine rings is 1. The lowest BCUT2D eigenvalue weighted by Gasteiger charge is -2.26. The molecule has 86 valence electrons. The van der Waals surface area contributed by atoms with Crippen molar-refractivity contribution in [3.63, 3.8) is 0 Å². The average Bonchev–Trinajstić information content (AvgIpc) is 2.22. The molecule has 1 amide bonds. The molecule has 1 aliphatic rings. The molecule has 1 fully saturated rings. The lowest BCUT2D eigenvalue weighted by molar-refractivity contribution is -0.124. The van der Waals surface area contributed by atoms with Crippen LogP contribution in [-0.4, -0.2) is 30.4 Å². The van der Waals surface area contributed by atoms with Crippen LogP contribution in [0.4, 0.5) is 5.69 Å². The molecule has 0 spiro atoms. The van der Waals surface area contributed by atoms with Crippen LogP contribution < -0.4 is 11.1 Å². The lowest BCUT2D eigenvalue weighted by atomic mass is 10.1. The van der Waals surface area contributed by atoms with Crippen LogP contribution in [0.2, 0.25) is 0 Å². The van der Waals surface area contributed by atoms with Gasteiger partial charge in [-0.25, -0.2) is 0 Å². The molecule has 0 radical (unpaired) electrons. The summed E-state index contributed by atoms with van der Waals surface area (Å²) in [4.78, 5) is 13.3. The Morgan fingerprint density at radius 3 is 3.00 bits per heavy atom. The smallest absolute Gasteiger partial charge is 0.234 e. The molecule has 0 unspecified atom stereocenters. The third-order valence-corrected chi connectivity index (χ3v) is 3.11. The minimum atomic E-state index is 0.0851. The Hall–Kier alpha value is -1.07. The molecule has 1 aromatic rings. The molecule has 0 aromatic heterocycles. The second-order valence-corrected chi connectivity index (χ2v) is 4.82. The van der Waals surface area contributed by atoms with Gasteiger partial charge in [-0.05, 0) is 17.7 Å². The van der Waals surface area contributed by atoms with Crippen molar-refractivity contribution in [2.45, 2.75) is 6.54 Å². The van der Waals surface area contributed by atoms with Crippen LogP contribution >= 0.6 is 15.9 Å². The second kappa shape index (κ2) is 4.84. The molecule has 5 heteroatoms. The number of carbonyl (C=O) groups is 1. The molecule has 3 N–H and O–H groups in total. The number of rotatable bonds is 2. The first-order chi connectivity index (χ1) is 7.65. The summed E-state index contributed by atoms with van der Waals surface area (Å²) in [6.07, 6.45) is 0. The van der Waals surface area contributed by atoms with E-state index < -0.39 is 0 Å². The van der Waals surface area contributed by atoms with Gasteiger partial charge in [-0.15, -0.1) is 0 Å². The van der Waals surface area contributed by atoms with Crippen molar-refractivity contribution >= 4 is 27.5 Å². The minimum Gasteiger partial charge on any atom is -0.398 e. The van der Waals surface area contributed by atoms with E-state index in [0.717, 1.165) is 35.4 Å². The monoisotopic (exact) mass is 283 g/mol. The van der Waals surface area contributed by atoms with Crippen molar-refractivity contribution in [1.29, 1.82) is 0 Å². The van der Waals surface area contributed by atoms with Crippen LogP contribution in [-0.2, 0) is 11.3 Å². The van der Waals surface area contributed by atoms with Gasteiger partial charge in [0.05, 0.1) is 6.54 Å². The van der Waals surface area contributed by atoms with Crippen molar-refractivity contribution in [3.8, 4) is 0 Å². The molecular formula is C11H14BrN3O. The zero-order chi connectivity index (χ0) is 11.5. The zero-order valence-electron chi connectivity index (χ0n) is 8.87. The van der Waals surface area contributed by atoms with Crippen LogP contribution in [0.15, 0.2) is 22.7 Å². The Labute approximate surface area is 103 Å². The van der Waals surface area contributed by atoms with Crippen LogP contribution in [0.3, 0.4) is 0 Å². The molecule has 0 atom stereocenters. The van der Waals surface area contributed by atoms with E-state index in [-0.39, 0.29) is 5.91 Å². The summed E-state index contributed by atoms with van der Waals surface area (Å²) in [5, 5.41) is 2.80. The van der Waals surface area contributed by atoms with E-state index in [0.29, 0.717) is 6.54 Å². The fraction of sp³-hybridized carbons (Fsp3) is 0.364. The topological polar surface area (TPSA) is 58.4 Å². The second-order valence-electron chi connectivity index (χ2n) is 3.90. The van der Waals surface area contributed by atoms with Crippen LogP contribution in [0.25, 0.3) is 0 Å². The molecule has 0 bridgehead atoms. The Balaban J connectivity index is 2.05. The first-order valence-corrected chi connectivity index (χ1v) is 5.97. The SMILES string of the molecule is Nc1cc(Br)ccc1CN1CCNC(=O)C1. The van der Waals surface area contributed by atoms with Gasteiger partial charge in [0.25, 0.3) is 0 Å². The summed E-state index contributed by atoms with van der Waals surface area (Å²) in [5.74, 6) is 0.0851. The molecule has 4 nitrogen and oxygen atoms in total. The third-order valence-electron chi connectivity index (χ3n) is 2.62. The number of nitrogens with one attached hydrogen (secondary N) is 1. The molecule has 0 saturated carbocycles. The fourth-order valence-corrected chi connectivity index (χ4v) is 2.16. The number of hydrogen-bond donors (Lipinski definition) is 2. The molecule has 1 saturated heterocycles. The average molecular weight is 284 g/mol. The van der Waals surface area contributed by atoms with E-state index in [4.69, 9.17) is 5.73 Å². The van der Waals surface area contributed by atoms with E-state index in [9.17, 15) is 4.79 Å². The number of benzene rings is 1. The molecular weight excluding hydrogens is 270 g/mol. The highest BCUT2D eigenvalue weighted by Crippen LogP contribution is 2.20. The number of hydrogen-bond acceptors (Lipinski definition) is 3. The zero-order valence-corrected chi connectivity index (χ0v) is 10.5. The van der Waals surface area contributed by atoms with Crippen molar-refractivity contribution in [2.24, 2.45) is 0 Å². The van der Waals surface area contributed by atoms with Crippen molar-refractivity contribution in [3.05, 3.63) is 28.2 Å². The van der Waals surface area contributed by atoms with E-state index in [1.165, 1.54) is 0 Å².